The molecule has 1 amide bonds. The van der Waals surface area contributed by atoms with E-state index in [2.05, 4.69) is 11.4 Å². The van der Waals surface area contributed by atoms with Crippen molar-refractivity contribution in [2.75, 3.05) is 6.61 Å². The highest BCUT2D eigenvalue weighted by Crippen LogP contribution is 2.46. The van der Waals surface area contributed by atoms with Gasteiger partial charge in [0.05, 0.1) is 29.1 Å². The summed E-state index contributed by atoms with van der Waals surface area (Å²) < 4.78 is 12.6. The summed E-state index contributed by atoms with van der Waals surface area (Å²) in [5.74, 6) is 0.312. The van der Waals surface area contributed by atoms with Crippen LogP contribution in [-0.2, 0) is 22.3 Å². The highest BCUT2D eigenvalue weighted by molar-refractivity contribution is 6.35. The summed E-state index contributed by atoms with van der Waals surface area (Å²) in [6, 6.07) is 13.0. The lowest BCUT2D eigenvalue weighted by Crippen LogP contribution is -2.49. The number of amides is 1. The van der Waals surface area contributed by atoms with Crippen molar-refractivity contribution in [1.29, 1.82) is 0 Å². The highest BCUT2D eigenvalue weighted by atomic mass is 35.5. The van der Waals surface area contributed by atoms with Crippen LogP contribution in [-0.4, -0.2) is 40.6 Å². The fourth-order valence-electron chi connectivity index (χ4n) is 7.22. The van der Waals surface area contributed by atoms with Crippen LogP contribution in [0.15, 0.2) is 42.5 Å². The molecular formula is C32H34Cl3N3O4. The monoisotopic (exact) mass is 629 g/mol. The number of hydrogen-bond acceptors (Lipinski definition) is 5. The van der Waals surface area contributed by atoms with E-state index in [1.165, 1.54) is 0 Å². The Bertz CT molecular complexity index is 1490. The minimum Gasteiger partial charge on any atom is -0.435 e. The van der Waals surface area contributed by atoms with E-state index >= 15 is 0 Å². The van der Waals surface area contributed by atoms with Crippen LogP contribution in [0.4, 0.5) is 4.79 Å². The first-order chi connectivity index (χ1) is 20.3. The lowest BCUT2D eigenvalue weighted by atomic mass is 9.90. The molecule has 1 aromatic heterocycles. The van der Waals surface area contributed by atoms with Gasteiger partial charge < -0.3 is 14.8 Å². The molecule has 222 valence electrons. The summed E-state index contributed by atoms with van der Waals surface area (Å²) in [6.45, 7) is 1.99. The number of hydrogen-bond donors (Lipinski definition) is 1. The van der Waals surface area contributed by atoms with Crippen molar-refractivity contribution in [3.8, 4) is 5.69 Å². The number of benzene rings is 2. The molecule has 2 bridgehead atoms. The first-order valence-corrected chi connectivity index (χ1v) is 15.9. The summed E-state index contributed by atoms with van der Waals surface area (Å²) in [5, 5.41) is 9.86. The van der Waals surface area contributed by atoms with Gasteiger partial charge in [0.15, 0.2) is 5.69 Å². The SMILES string of the molecule is CCOC(=O)O[C@@H]1C2CCC(C2)[C@@H]1NC(=O)c1nn(-c2ccc(Cl)cc2Cl)c2c1CCCCC2Cc1cccc(Cl)c1. The van der Waals surface area contributed by atoms with Crippen LogP contribution >= 0.6 is 34.8 Å². The van der Waals surface area contributed by atoms with Crippen LogP contribution < -0.4 is 5.32 Å². The standard InChI is InChI=1S/C32H34Cl3N3O4/c1-2-41-32(40)42-30-21-11-10-19(16-21)27(30)36-31(39)28-24-9-4-3-7-20(14-18-6-5-8-22(33)15-18)29(24)38(37-28)26-13-12-23(34)17-25(26)35/h5-6,8,12-13,15,17,19-21,27,30H,2-4,7,9-11,14,16H2,1H3,(H,36,39)/t19?,20?,21?,27-,30+/m0/s1. The number of fused-ring (bicyclic) bond motifs is 3. The second-order valence-corrected chi connectivity index (χ2v) is 12.9. The highest BCUT2D eigenvalue weighted by Gasteiger charge is 2.51. The summed E-state index contributed by atoms with van der Waals surface area (Å²) in [4.78, 5) is 26.3. The second-order valence-electron chi connectivity index (χ2n) is 11.6. The van der Waals surface area contributed by atoms with Crippen molar-refractivity contribution in [1.82, 2.24) is 15.1 Å². The third-order valence-corrected chi connectivity index (χ3v) is 9.77. The Labute approximate surface area is 260 Å². The van der Waals surface area contributed by atoms with Gasteiger partial charge in [-0.3, -0.25) is 4.79 Å². The molecule has 0 radical (unpaired) electrons. The molecule has 1 N–H and O–H groups in total. The molecule has 0 aliphatic heterocycles. The fraction of sp³-hybridized carbons (Fsp3) is 0.469. The van der Waals surface area contributed by atoms with E-state index in [0.29, 0.717) is 26.4 Å². The Morgan fingerprint density at radius 3 is 2.62 bits per heavy atom. The molecule has 3 unspecified atom stereocenters. The van der Waals surface area contributed by atoms with Gasteiger partial charge in [0, 0.05) is 21.5 Å². The zero-order valence-electron chi connectivity index (χ0n) is 23.5. The van der Waals surface area contributed by atoms with Crippen molar-refractivity contribution in [2.24, 2.45) is 11.8 Å². The molecule has 2 saturated carbocycles. The van der Waals surface area contributed by atoms with Gasteiger partial charge in [-0.25, -0.2) is 9.48 Å². The molecule has 0 saturated heterocycles. The van der Waals surface area contributed by atoms with E-state index in [4.69, 9.17) is 49.4 Å². The minimum absolute atomic E-state index is 0.101. The average molecular weight is 631 g/mol. The predicted molar refractivity (Wildman–Crippen MR) is 163 cm³/mol. The van der Waals surface area contributed by atoms with Crippen LogP contribution in [0.3, 0.4) is 0 Å². The third-order valence-electron chi connectivity index (χ3n) is 9.00. The number of aromatic nitrogens is 2. The van der Waals surface area contributed by atoms with E-state index < -0.39 is 12.3 Å². The summed E-state index contributed by atoms with van der Waals surface area (Å²) in [5.41, 5.74) is 4.13. The Hall–Kier alpha value is -2.74. The van der Waals surface area contributed by atoms with E-state index in [0.717, 1.165) is 68.2 Å². The van der Waals surface area contributed by atoms with Gasteiger partial charge in [-0.15, -0.1) is 0 Å². The summed E-state index contributed by atoms with van der Waals surface area (Å²) in [6.07, 6.45) is 6.20. The number of nitrogens with one attached hydrogen (secondary N) is 1. The average Bonchev–Trinajstić information content (AvgIpc) is 3.61. The molecule has 3 aliphatic rings. The van der Waals surface area contributed by atoms with E-state index in [-0.39, 0.29) is 36.3 Å². The van der Waals surface area contributed by atoms with Gasteiger partial charge in [-0.05, 0) is 99.6 Å². The molecule has 5 atom stereocenters. The zero-order valence-corrected chi connectivity index (χ0v) is 25.7. The zero-order chi connectivity index (χ0) is 29.4. The molecule has 0 spiro atoms. The predicted octanol–water partition coefficient (Wildman–Crippen LogP) is 7.96. The van der Waals surface area contributed by atoms with E-state index in [1.54, 1.807) is 19.1 Å². The Morgan fingerprint density at radius 2 is 1.83 bits per heavy atom. The van der Waals surface area contributed by atoms with E-state index in [1.807, 2.05) is 28.9 Å². The molecule has 3 aromatic rings. The molecule has 7 nitrogen and oxygen atoms in total. The Morgan fingerprint density at radius 1 is 1.02 bits per heavy atom. The van der Waals surface area contributed by atoms with Gasteiger partial charge in [0.2, 0.25) is 0 Å². The first-order valence-electron chi connectivity index (χ1n) is 14.8. The number of carbonyl (C=O) groups is 2. The molecular weight excluding hydrogens is 597 g/mol. The first kappa shape index (κ1) is 29.3. The number of rotatable bonds is 7. The van der Waals surface area contributed by atoms with Gasteiger partial charge in [0.1, 0.15) is 6.10 Å². The fourth-order valence-corrected chi connectivity index (χ4v) is 7.92. The maximum absolute atomic E-state index is 14.1. The molecule has 6 rings (SSSR count). The van der Waals surface area contributed by atoms with Gasteiger partial charge in [-0.2, -0.15) is 5.10 Å². The normalized spacial score (nSPS) is 24.6. The van der Waals surface area contributed by atoms with Crippen LogP contribution in [0, 0.1) is 11.8 Å². The molecule has 3 aliphatic carbocycles. The lowest BCUT2D eigenvalue weighted by Gasteiger charge is -2.30. The molecule has 1 heterocycles. The van der Waals surface area contributed by atoms with Gasteiger partial charge >= 0.3 is 6.16 Å². The minimum atomic E-state index is -0.686. The van der Waals surface area contributed by atoms with Crippen molar-refractivity contribution in [3.63, 3.8) is 0 Å². The second kappa shape index (κ2) is 12.5. The van der Waals surface area contributed by atoms with Crippen LogP contribution in [0.2, 0.25) is 15.1 Å². The number of ether oxygens (including phenoxy) is 2. The van der Waals surface area contributed by atoms with Crippen LogP contribution in [0.5, 0.6) is 0 Å². The summed E-state index contributed by atoms with van der Waals surface area (Å²) in [7, 11) is 0. The van der Waals surface area contributed by atoms with Gasteiger partial charge in [-0.1, -0.05) is 53.4 Å². The van der Waals surface area contributed by atoms with Crippen LogP contribution in [0.25, 0.3) is 5.69 Å². The third kappa shape index (κ3) is 5.88. The van der Waals surface area contributed by atoms with E-state index in [9.17, 15) is 9.59 Å². The van der Waals surface area contributed by atoms with Crippen LogP contribution in [0.1, 0.15) is 78.7 Å². The maximum Gasteiger partial charge on any atom is 0.508 e. The summed E-state index contributed by atoms with van der Waals surface area (Å²) >= 11 is 19.3. The van der Waals surface area contributed by atoms with Crippen molar-refractivity contribution in [3.05, 3.63) is 80.0 Å². The topological polar surface area (TPSA) is 82.4 Å². The molecule has 10 heteroatoms. The lowest BCUT2D eigenvalue weighted by molar-refractivity contribution is -0.00578. The van der Waals surface area contributed by atoms with Crippen molar-refractivity contribution >= 4 is 46.9 Å². The molecule has 2 fully saturated rings. The maximum atomic E-state index is 14.1. The number of nitrogens with zero attached hydrogens (tertiary/aromatic N) is 2. The van der Waals surface area contributed by atoms with Crippen molar-refractivity contribution < 1.29 is 19.1 Å². The van der Waals surface area contributed by atoms with Crippen molar-refractivity contribution in [2.45, 2.75) is 76.4 Å². The quantitative estimate of drug-likeness (QED) is 0.212. The molecule has 2 aromatic carbocycles. The van der Waals surface area contributed by atoms with Gasteiger partial charge in [0.25, 0.3) is 5.91 Å². The Balaban J connectivity index is 1.38. The molecule has 42 heavy (non-hydrogen) atoms. The largest absolute Gasteiger partial charge is 0.508 e. The Kier molecular flexibility index (Phi) is 8.71. The number of carbonyl (C=O) groups excluding carboxylic acids is 2. The number of halogens is 3. The smallest absolute Gasteiger partial charge is 0.435 e.